The number of hydrogen-bond acceptors (Lipinski definition) is 5. The summed E-state index contributed by atoms with van der Waals surface area (Å²) < 4.78 is 10.2. The summed E-state index contributed by atoms with van der Waals surface area (Å²) in [5.74, 6) is 0.621. The van der Waals surface area contributed by atoms with E-state index < -0.39 is 0 Å². The van der Waals surface area contributed by atoms with Gasteiger partial charge in [-0.25, -0.2) is 0 Å². The fourth-order valence-electron chi connectivity index (χ4n) is 2.67. The zero-order valence-electron chi connectivity index (χ0n) is 14.8. The third kappa shape index (κ3) is 4.50. The molecule has 1 aromatic carbocycles. The minimum absolute atomic E-state index is 0.235. The molecule has 4 nitrogen and oxygen atoms in total. The van der Waals surface area contributed by atoms with Gasteiger partial charge in [-0.1, -0.05) is 30.3 Å². The van der Waals surface area contributed by atoms with Crippen molar-refractivity contribution in [2.24, 2.45) is 0 Å². The summed E-state index contributed by atoms with van der Waals surface area (Å²) in [6, 6.07) is 14.3. The Balaban J connectivity index is 1.82. The summed E-state index contributed by atoms with van der Waals surface area (Å²) in [5, 5.41) is 4.20. The van der Waals surface area contributed by atoms with Gasteiger partial charge in [0.25, 0.3) is 0 Å². The van der Waals surface area contributed by atoms with Gasteiger partial charge in [0.2, 0.25) is 0 Å². The lowest BCUT2D eigenvalue weighted by molar-refractivity contribution is -0.141. The van der Waals surface area contributed by atoms with Gasteiger partial charge in [-0.05, 0) is 52.7 Å². The van der Waals surface area contributed by atoms with Gasteiger partial charge in [-0.3, -0.25) is 9.69 Å². The summed E-state index contributed by atoms with van der Waals surface area (Å²) in [6.07, 6.45) is 3.82. The molecule has 0 atom stereocenters. The topological polar surface area (TPSA) is 42.7 Å². The normalized spacial score (nSPS) is 11.7. The predicted molar refractivity (Wildman–Crippen MR) is 105 cm³/mol. The number of ether oxygens (including phenoxy) is 1. The first-order valence-corrected chi connectivity index (χ1v) is 9.24. The average molecular weight is 367 g/mol. The highest BCUT2D eigenvalue weighted by Gasteiger charge is 2.09. The Hall–Kier alpha value is -2.63. The van der Waals surface area contributed by atoms with Gasteiger partial charge in [-0.15, -0.1) is 0 Å². The molecule has 134 valence electrons. The molecule has 0 aliphatic heterocycles. The van der Waals surface area contributed by atoms with E-state index in [0.29, 0.717) is 6.54 Å². The van der Waals surface area contributed by atoms with Crippen molar-refractivity contribution in [3.63, 3.8) is 0 Å². The number of benzene rings is 1. The van der Waals surface area contributed by atoms with E-state index >= 15 is 0 Å². The second-order valence-electron chi connectivity index (χ2n) is 5.96. The molecule has 3 rings (SSSR count). The zero-order valence-corrected chi connectivity index (χ0v) is 15.7. The molecule has 26 heavy (non-hydrogen) atoms. The Labute approximate surface area is 157 Å². The van der Waals surface area contributed by atoms with Gasteiger partial charge in [0, 0.05) is 12.1 Å². The Morgan fingerprint density at radius 1 is 1.19 bits per heavy atom. The Bertz CT molecular complexity index is 849. The fraction of sp³-hybridized carbons (Fsp3) is 0.190. The van der Waals surface area contributed by atoms with Crippen LogP contribution in [0.1, 0.15) is 11.1 Å². The molecule has 2 aromatic heterocycles. The van der Waals surface area contributed by atoms with Crippen molar-refractivity contribution in [3.8, 4) is 11.3 Å². The van der Waals surface area contributed by atoms with Crippen LogP contribution in [-0.4, -0.2) is 38.1 Å². The molecule has 0 N–H and O–H groups in total. The Kier molecular flexibility index (Phi) is 6.04. The van der Waals surface area contributed by atoms with E-state index in [0.717, 1.165) is 22.5 Å². The third-order valence-electron chi connectivity index (χ3n) is 4.07. The lowest BCUT2D eigenvalue weighted by atomic mass is 9.98. The molecule has 0 fully saturated rings. The highest BCUT2D eigenvalue weighted by atomic mass is 32.1. The van der Waals surface area contributed by atoms with E-state index in [9.17, 15) is 4.79 Å². The van der Waals surface area contributed by atoms with Crippen LogP contribution in [0.2, 0.25) is 0 Å². The van der Waals surface area contributed by atoms with Crippen molar-refractivity contribution in [1.82, 2.24) is 4.90 Å². The molecule has 0 radical (unpaired) electrons. The smallest absolute Gasteiger partial charge is 0.319 e. The number of likely N-dealkylation sites (N-methyl/N-ethyl adjacent to an activating group) is 1. The van der Waals surface area contributed by atoms with Crippen LogP contribution in [0.5, 0.6) is 0 Å². The number of thiophene rings is 1. The van der Waals surface area contributed by atoms with Gasteiger partial charge < -0.3 is 9.15 Å². The fourth-order valence-corrected chi connectivity index (χ4v) is 3.33. The zero-order chi connectivity index (χ0) is 18.4. The maximum absolute atomic E-state index is 11.4. The number of nitrogens with zero attached hydrogens (tertiary/aromatic N) is 1. The minimum atomic E-state index is -0.235. The highest BCUT2D eigenvalue weighted by Crippen LogP contribution is 2.28. The first-order valence-electron chi connectivity index (χ1n) is 8.30. The van der Waals surface area contributed by atoms with Crippen molar-refractivity contribution in [2.45, 2.75) is 0 Å². The number of carbonyl (C=O) groups is 1. The molecular formula is C21H21NO3S. The van der Waals surface area contributed by atoms with Gasteiger partial charge in [0.05, 0.1) is 19.9 Å². The SMILES string of the molecule is COC(=O)CN(C)C/C=C(/c1ccc(-c2ccco2)cc1)c1ccsc1. The van der Waals surface area contributed by atoms with Crippen LogP contribution in [0, 0.1) is 0 Å². The first kappa shape index (κ1) is 18.2. The number of esters is 1. The van der Waals surface area contributed by atoms with Crippen LogP contribution in [0.15, 0.2) is 70.0 Å². The third-order valence-corrected chi connectivity index (χ3v) is 4.75. The number of carbonyl (C=O) groups excluding carboxylic acids is 1. The molecule has 0 unspecified atom stereocenters. The predicted octanol–water partition coefficient (Wildman–Crippen LogP) is 4.54. The van der Waals surface area contributed by atoms with Gasteiger partial charge >= 0.3 is 5.97 Å². The van der Waals surface area contributed by atoms with E-state index in [1.807, 2.05) is 24.1 Å². The Morgan fingerprint density at radius 3 is 2.62 bits per heavy atom. The van der Waals surface area contributed by atoms with Crippen LogP contribution in [-0.2, 0) is 9.53 Å². The Morgan fingerprint density at radius 2 is 2.00 bits per heavy atom. The average Bonchev–Trinajstić information content (AvgIpc) is 3.36. The van der Waals surface area contributed by atoms with Crippen molar-refractivity contribution in [1.29, 1.82) is 0 Å². The maximum Gasteiger partial charge on any atom is 0.319 e. The molecule has 0 aliphatic carbocycles. The quantitative estimate of drug-likeness (QED) is 0.575. The van der Waals surface area contributed by atoms with Crippen LogP contribution >= 0.6 is 11.3 Å². The first-order chi connectivity index (χ1) is 12.7. The molecule has 0 aliphatic rings. The van der Waals surface area contributed by atoms with Crippen LogP contribution in [0.3, 0.4) is 0 Å². The van der Waals surface area contributed by atoms with Gasteiger partial charge in [0.1, 0.15) is 5.76 Å². The summed E-state index contributed by atoms with van der Waals surface area (Å²) >= 11 is 1.67. The van der Waals surface area contributed by atoms with E-state index in [1.54, 1.807) is 17.6 Å². The number of methoxy groups -OCH3 is 1. The van der Waals surface area contributed by atoms with E-state index in [-0.39, 0.29) is 12.5 Å². The van der Waals surface area contributed by atoms with Crippen LogP contribution in [0.25, 0.3) is 16.9 Å². The number of hydrogen-bond donors (Lipinski definition) is 0. The molecule has 0 saturated heterocycles. The van der Waals surface area contributed by atoms with Gasteiger partial charge in [0.15, 0.2) is 0 Å². The molecule has 0 amide bonds. The van der Waals surface area contributed by atoms with Crippen molar-refractivity contribution in [3.05, 3.63) is 76.7 Å². The minimum Gasteiger partial charge on any atom is -0.468 e. The van der Waals surface area contributed by atoms with Crippen molar-refractivity contribution < 1.29 is 13.9 Å². The summed E-state index contributed by atoms with van der Waals surface area (Å²) in [4.78, 5) is 13.3. The number of furan rings is 1. The lowest BCUT2D eigenvalue weighted by Crippen LogP contribution is -2.27. The van der Waals surface area contributed by atoms with Crippen molar-refractivity contribution in [2.75, 3.05) is 27.2 Å². The largest absolute Gasteiger partial charge is 0.468 e. The molecule has 5 heteroatoms. The number of rotatable bonds is 7. The molecule has 0 saturated carbocycles. The monoisotopic (exact) mass is 367 g/mol. The highest BCUT2D eigenvalue weighted by molar-refractivity contribution is 7.08. The molecule has 0 bridgehead atoms. The summed E-state index contributed by atoms with van der Waals surface area (Å²) in [6.45, 7) is 0.918. The molecule has 2 heterocycles. The summed E-state index contributed by atoms with van der Waals surface area (Å²) in [5.41, 5.74) is 4.50. The molecular weight excluding hydrogens is 346 g/mol. The lowest BCUT2D eigenvalue weighted by Gasteiger charge is -2.14. The maximum atomic E-state index is 11.4. The molecule has 0 spiro atoms. The van der Waals surface area contributed by atoms with E-state index in [2.05, 4.69) is 47.2 Å². The van der Waals surface area contributed by atoms with Gasteiger partial charge in [-0.2, -0.15) is 11.3 Å². The van der Waals surface area contributed by atoms with E-state index in [1.165, 1.54) is 12.7 Å². The van der Waals surface area contributed by atoms with E-state index in [4.69, 9.17) is 9.15 Å². The standard InChI is InChI=1S/C21H21NO3S/c1-22(14-21(23)24-2)11-9-19(18-10-13-26-15-18)16-5-7-17(8-6-16)20-4-3-12-25-20/h3-10,12-13,15H,11,14H2,1-2H3/b19-9-. The van der Waals surface area contributed by atoms with Crippen molar-refractivity contribution >= 4 is 22.9 Å². The summed E-state index contributed by atoms with van der Waals surface area (Å²) in [7, 11) is 3.31. The second-order valence-corrected chi connectivity index (χ2v) is 6.74. The molecule has 3 aromatic rings. The van der Waals surface area contributed by atoms with Crippen LogP contribution < -0.4 is 0 Å². The second kappa shape index (κ2) is 8.65. The van der Waals surface area contributed by atoms with Crippen LogP contribution in [0.4, 0.5) is 0 Å².